The Hall–Kier alpha value is -1.48. The summed E-state index contributed by atoms with van der Waals surface area (Å²) < 4.78 is 27.8. The van der Waals surface area contributed by atoms with Crippen LogP contribution in [-0.2, 0) is 10.0 Å². The maximum atomic E-state index is 12.5. The quantitative estimate of drug-likeness (QED) is 0.571. The number of sulfonamides is 1. The zero-order valence-electron chi connectivity index (χ0n) is 15.7. The maximum Gasteiger partial charge on any atom is 0.251 e. The Kier molecular flexibility index (Phi) is 7.23. The van der Waals surface area contributed by atoms with Gasteiger partial charge in [-0.1, -0.05) is 18.9 Å². The fraction of sp³-hybridized carbons (Fsp3) is 0.632. The Bertz CT molecular complexity index is 726. The average Bonchev–Trinajstić information content (AvgIpc) is 3.18. The Morgan fingerprint density at radius 2 is 1.93 bits per heavy atom. The highest BCUT2D eigenvalue weighted by atomic mass is 32.2. The fourth-order valence-corrected chi connectivity index (χ4v) is 5.03. The van der Waals surface area contributed by atoms with Gasteiger partial charge >= 0.3 is 0 Å². The monoisotopic (exact) mass is 394 g/mol. The molecule has 1 aromatic carbocycles. The van der Waals surface area contributed by atoms with Crippen molar-refractivity contribution >= 4 is 15.9 Å². The number of benzene rings is 1. The summed E-state index contributed by atoms with van der Waals surface area (Å²) in [5.41, 5.74) is 0.381. The molecule has 1 aliphatic carbocycles. The topological polar surface area (TPSA) is 90.5 Å². The van der Waals surface area contributed by atoms with Gasteiger partial charge in [-0.25, -0.2) is 13.1 Å². The molecule has 3 rings (SSSR count). The first-order valence-electron chi connectivity index (χ1n) is 9.88. The van der Waals surface area contributed by atoms with Crippen LogP contribution in [0.3, 0.4) is 0 Å². The molecular formula is C19H30N4O3S. The molecule has 27 heavy (non-hydrogen) atoms. The van der Waals surface area contributed by atoms with Gasteiger partial charge in [0.2, 0.25) is 10.0 Å². The minimum absolute atomic E-state index is 0.0115. The molecule has 0 unspecified atom stereocenters. The summed E-state index contributed by atoms with van der Waals surface area (Å²) in [6.45, 7) is 5.66. The first kappa shape index (κ1) is 20.3. The SMILES string of the molecule is O=C(NCCCN1CCNCC1)c1cccc(S(=O)(=O)NC2CCCC2)c1. The molecule has 1 amide bonds. The van der Waals surface area contributed by atoms with Gasteiger partial charge in [0.25, 0.3) is 5.91 Å². The molecule has 1 aliphatic heterocycles. The molecule has 1 aromatic rings. The third-order valence-corrected chi connectivity index (χ3v) is 6.75. The largest absolute Gasteiger partial charge is 0.352 e. The van der Waals surface area contributed by atoms with Crippen LogP contribution in [-0.4, -0.2) is 64.5 Å². The van der Waals surface area contributed by atoms with Gasteiger partial charge in [0, 0.05) is 44.3 Å². The van der Waals surface area contributed by atoms with Crippen LogP contribution in [0, 0.1) is 0 Å². The number of hydrogen-bond acceptors (Lipinski definition) is 5. The summed E-state index contributed by atoms with van der Waals surface area (Å²) in [6, 6.07) is 6.29. The Labute approximate surface area is 161 Å². The molecule has 3 N–H and O–H groups in total. The first-order valence-corrected chi connectivity index (χ1v) is 11.4. The highest BCUT2D eigenvalue weighted by molar-refractivity contribution is 7.89. The lowest BCUT2D eigenvalue weighted by molar-refractivity contribution is 0.0951. The minimum atomic E-state index is -3.58. The summed E-state index contributed by atoms with van der Waals surface area (Å²) in [7, 11) is -3.58. The van der Waals surface area contributed by atoms with E-state index >= 15 is 0 Å². The summed E-state index contributed by atoms with van der Waals surface area (Å²) in [5, 5.41) is 6.21. The molecule has 150 valence electrons. The highest BCUT2D eigenvalue weighted by Crippen LogP contribution is 2.20. The average molecular weight is 395 g/mol. The lowest BCUT2D eigenvalue weighted by atomic mass is 10.2. The van der Waals surface area contributed by atoms with Crippen molar-refractivity contribution < 1.29 is 13.2 Å². The van der Waals surface area contributed by atoms with Gasteiger partial charge in [0.15, 0.2) is 0 Å². The number of piperazine rings is 1. The summed E-state index contributed by atoms with van der Waals surface area (Å²) in [4.78, 5) is 14.9. The number of carbonyl (C=O) groups excluding carboxylic acids is 1. The molecule has 0 radical (unpaired) electrons. The van der Waals surface area contributed by atoms with Crippen LogP contribution >= 0.6 is 0 Å². The van der Waals surface area contributed by atoms with Crippen LogP contribution in [0.25, 0.3) is 0 Å². The zero-order chi connectivity index (χ0) is 19.1. The van der Waals surface area contributed by atoms with Crippen molar-refractivity contribution in [3.05, 3.63) is 29.8 Å². The van der Waals surface area contributed by atoms with Crippen LogP contribution < -0.4 is 15.4 Å². The van der Waals surface area contributed by atoms with Crippen LogP contribution in [0.4, 0.5) is 0 Å². The van der Waals surface area contributed by atoms with E-state index in [2.05, 4.69) is 20.3 Å². The molecule has 0 bridgehead atoms. The van der Waals surface area contributed by atoms with E-state index in [1.807, 2.05) is 0 Å². The van der Waals surface area contributed by atoms with Crippen molar-refractivity contribution in [3.8, 4) is 0 Å². The number of hydrogen-bond donors (Lipinski definition) is 3. The molecule has 1 saturated heterocycles. The van der Waals surface area contributed by atoms with E-state index in [4.69, 9.17) is 0 Å². The predicted octanol–water partition coefficient (Wildman–Crippen LogP) is 0.933. The summed E-state index contributed by atoms with van der Waals surface area (Å²) in [6.07, 6.45) is 4.76. The van der Waals surface area contributed by atoms with Crippen molar-refractivity contribution in [1.29, 1.82) is 0 Å². The summed E-state index contributed by atoms with van der Waals surface area (Å²) >= 11 is 0. The standard InChI is InChI=1S/C19H30N4O3S/c24-19(21-9-4-12-23-13-10-20-11-14-23)16-5-3-8-18(15-16)27(25,26)22-17-6-1-2-7-17/h3,5,8,15,17,20,22H,1-2,4,6-7,9-14H2,(H,21,24). The van der Waals surface area contributed by atoms with E-state index in [0.29, 0.717) is 12.1 Å². The van der Waals surface area contributed by atoms with Gasteiger partial charge in [-0.2, -0.15) is 0 Å². The van der Waals surface area contributed by atoms with Crippen molar-refractivity contribution in [2.24, 2.45) is 0 Å². The highest BCUT2D eigenvalue weighted by Gasteiger charge is 2.23. The van der Waals surface area contributed by atoms with E-state index in [1.54, 1.807) is 18.2 Å². The molecular weight excluding hydrogens is 364 g/mol. The first-order chi connectivity index (χ1) is 13.0. The van der Waals surface area contributed by atoms with E-state index in [-0.39, 0.29) is 16.8 Å². The van der Waals surface area contributed by atoms with E-state index in [9.17, 15) is 13.2 Å². The van der Waals surface area contributed by atoms with E-state index in [1.165, 1.54) is 6.07 Å². The molecule has 8 heteroatoms. The van der Waals surface area contributed by atoms with Crippen LogP contribution in [0.2, 0.25) is 0 Å². The second kappa shape index (κ2) is 9.64. The Balaban J connectivity index is 1.50. The number of carbonyl (C=O) groups is 1. The number of nitrogens with one attached hydrogen (secondary N) is 3. The maximum absolute atomic E-state index is 12.5. The Morgan fingerprint density at radius 3 is 2.67 bits per heavy atom. The molecule has 1 heterocycles. The summed E-state index contributed by atoms with van der Waals surface area (Å²) in [5.74, 6) is -0.228. The Morgan fingerprint density at radius 1 is 1.19 bits per heavy atom. The van der Waals surface area contributed by atoms with Crippen molar-refractivity contribution in [3.63, 3.8) is 0 Å². The molecule has 0 aromatic heterocycles. The third-order valence-electron chi connectivity index (χ3n) is 5.23. The van der Waals surface area contributed by atoms with Gasteiger partial charge < -0.3 is 15.5 Å². The molecule has 0 atom stereocenters. The number of nitrogens with zero attached hydrogens (tertiary/aromatic N) is 1. The van der Waals surface area contributed by atoms with Crippen LogP contribution in [0.5, 0.6) is 0 Å². The molecule has 2 aliphatic rings. The van der Waals surface area contributed by atoms with Crippen molar-refractivity contribution in [1.82, 2.24) is 20.3 Å². The number of rotatable bonds is 8. The normalized spacial score (nSPS) is 19.3. The van der Waals surface area contributed by atoms with Gasteiger partial charge in [0.1, 0.15) is 0 Å². The smallest absolute Gasteiger partial charge is 0.251 e. The van der Waals surface area contributed by atoms with Crippen molar-refractivity contribution in [2.75, 3.05) is 39.3 Å². The minimum Gasteiger partial charge on any atom is -0.352 e. The molecule has 0 spiro atoms. The molecule has 7 nitrogen and oxygen atoms in total. The zero-order valence-corrected chi connectivity index (χ0v) is 16.6. The second-order valence-corrected chi connectivity index (χ2v) is 9.05. The van der Waals surface area contributed by atoms with Crippen molar-refractivity contribution in [2.45, 2.75) is 43.0 Å². The van der Waals surface area contributed by atoms with Gasteiger partial charge in [0.05, 0.1) is 4.90 Å². The number of amides is 1. The lowest BCUT2D eigenvalue weighted by Crippen LogP contribution is -2.44. The van der Waals surface area contributed by atoms with E-state index < -0.39 is 10.0 Å². The second-order valence-electron chi connectivity index (χ2n) is 7.33. The third kappa shape index (κ3) is 6.00. The van der Waals surface area contributed by atoms with Gasteiger partial charge in [-0.05, 0) is 44.0 Å². The van der Waals surface area contributed by atoms with Crippen LogP contribution in [0.15, 0.2) is 29.2 Å². The van der Waals surface area contributed by atoms with Crippen LogP contribution in [0.1, 0.15) is 42.5 Å². The van der Waals surface area contributed by atoms with Gasteiger partial charge in [-0.3, -0.25) is 4.79 Å². The van der Waals surface area contributed by atoms with Gasteiger partial charge in [-0.15, -0.1) is 0 Å². The lowest BCUT2D eigenvalue weighted by Gasteiger charge is -2.27. The van der Waals surface area contributed by atoms with E-state index in [0.717, 1.165) is 64.8 Å². The molecule has 2 fully saturated rings. The predicted molar refractivity (Wildman–Crippen MR) is 105 cm³/mol. The molecule has 1 saturated carbocycles. The fourth-order valence-electron chi connectivity index (χ4n) is 3.68.